The molecule has 1 aromatic heterocycles. The molecule has 1 heterocycles. The molecule has 2 rings (SSSR count). The first kappa shape index (κ1) is 11.6. The van der Waals surface area contributed by atoms with Crippen molar-refractivity contribution in [2.24, 2.45) is 5.92 Å². The molecule has 1 N–H and O–H groups in total. The SMILES string of the molecule is CCNC(CCc1sccc1Br)C1CC1. The van der Waals surface area contributed by atoms with Crippen LogP contribution in [-0.4, -0.2) is 12.6 Å². The van der Waals surface area contributed by atoms with Crippen LogP contribution >= 0.6 is 27.3 Å². The van der Waals surface area contributed by atoms with Gasteiger partial charge in [0.25, 0.3) is 0 Å². The van der Waals surface area contributed by atoms with Gasteiger partial charge in [-0.3, -0.25) is 0 Å². The van der Waals surface area contributed by atoms with E-state index in [1.807, 2.05) is 11.3 Å². The molecule has 1 fully saturated rings. The maximum atomic E-state index is 3.62. The van der Waals surface area contributed by atoms with Crippen LogP contribution in [0.15, 0.2) is 15.9 Å². The Labute approximate surface area is 104 Å². The number of halogens is 1. The monoisotopic (exact) mass is 287 g/mol. The maximum Gasteiger partial charge on any atom is 0.0314 e. The summed E-state index contributed by atoms with van der Waals surface area (Å²) < 4.78 is 1.29. The van der Waals surface area contributed by atoms with Gasteiger partial charge in [0.05, 0.1) is 0 Å². The summed E-state index contributed by atoms with van der Waals surface area (Å²) in [5, 5.41) is 5.78. The van der Waals surface area contributed by atoms with Crippen LogP contribution in [0.5, 0.6) is 0 Å². The number of nitrogens with one attached hydrogen (secondary N) is 1. The first-order chi connectivity index (χ1) is 7.31. The van der Waals surface area contributed by atoms with Crippen molar-refractivity contribution in [3.8, 4) is 0 Å². The van der Waals surface area contributed by atoms with Crippen LogP contribution in [0.1, 0.15) is 31.1 Å². The fraction of sp³-hybridized carbons (Fsp3) is 0.667. The van der Waals surface area contributed by atoms with Crippen LogP contribution in [0.4, 0.5) is 0 Å². The molecule has 0 amide bonds. The lowest BCUT2D eigenvalue weighted by Crippen LogP contribution is -2.31. The topological polar surface area (TPSA) is 12.0 Å². The Balaban J connectivity index is 1.82. The largest absolute Gasteiger partial charge is 0.314 e. The summed E-state index contributed by atoms with van der Waals surface area (Å²) in [5.41, 5.74) is 0. The van der Waals surface area contributed by atoms with Crippen molar-refractivity contribution in [2.75, 3.05) is 6.54 Å². The fourth-order valence-corrected chi connectivity index (χ4v) is 3.63. The van der Waals surface area contributed by atoms with E-state index in [0.717, 1.165) is 18.5 Å². The van der Waals surface area contributed by atoms with Crippen LogP contribution in [0.3, 0.4) is 0 Å². The molecule has 0 aliphatic heterocycles. The van der Waals surface area contributed by atoms with Gasteiger partial charge >= 0.3 is 0 Å². The van der Waals surface area contributed by atoms with Gasteiger partial charge in [0, 0.05) is 15.4 Å². The molecule has 0 bridgehead atoms. The third-order valence-corrected chi connectivity index (χ3v) is 5.02. The van der Waals surface area contributed by atoms with Gasteiger partial charge in [-0.15, -0.1) is 11.3 Å². The molecule has 1 aromatic rings. The summed E-state index contributed by atoms with van der Waals surface area (Å²) >= 11 is 5.47. The summed E-state index contributed by atoms with van der Waals surface area (Å²) in [6.07, 6.45) is 5.37. The molecular formula is C12H18BrNS. The molecule has 1 aliphatic rings. The van der Waals surface area contributed by atoms with Gasteiger partial charge in [0.2, 0.25) is 0 Å². The molecule has 1 saturated carbocycles. The van der Waals surface area contributed by atoms with Crippen LogP contribution in [0.25, 0.3) is 0 Å². The highest BCUT2D eigenvalue weighted by Gasteiger charge is 2.30. The van der Waals surface area contributed by atoms with Crippen LogP contribution in [0.2, 0.25) is 0 Å². The Hall–Kier alpha value is 0.140. The maximum absolute atomic E-state index is 3.62. The summed E-state index contributed by atoms with van der Waals surface area (Å²) in [5.74, 6) is 0.962. The molecular weight excluding hydrogens is 270 g/mol. The minimum absolute atomic E-state index is 0.754. The second-order valence-corrected chi connectivity index (χ2v) is 6.09. The second kappa shape index (κ2) is 5.46. The molecule has 3 heteroatoms. The van der Waals surface area contributed by atoms with Gasteiger partial charge in [0.1, 0.15) is 0 Å². The van der Waals surface area contributed by atoms with E-state index in [-0.39, 0.29) is 0 Å². The van der Waals surface area contributed by atoms with Gasteiger partial charge in [-0.2, -0.15) is 0 Å². The van der Waals surface area contributed by atoms with E-state index in [0.29, 0.717) is 0 Å². The molecule has 0 radical (unpaired) electrons. The number of thiophene rings is 1. The third-order valence-electron chi connectivity index (χ3n) is 3.03. The molecule has 0 aromatic carbocycles. The molecule has 1 unspecified atom stereocenters. The van der Waals surface area contributed by atoms with Crippen LogP contribution < -0.4 is 5.32 Å². The van der Waals surface area contributed by atoms with Gasteiger partial charge < -0.3 is 5.32 Å². The number of hydrogen-bond donors (Lipinski definition) is 1. The Kier molecular flexibility index (Phi) is 4.23. The molecule has 1 nitrogen and oxygen atoms in total. The van der Waals surface area contributed by atoms with Crippen molar-refractivity contribution in [2.45, 2.75) is 38.6 Å². The van der Waals surface area contributed by atoms with Crippen molar-refractivity contribution in [3.63, 3.8) is 0 Å². The highest BCUT2D eigenvalue weighted by molar-refractivity contribution is 9.10. The Morgan fingerprint density at radius 3 is 2.93 bits per heavy atom. The zero-order valence-electron chi connectivity index (χ0n) is 9.13. The number of hydrogen-bond acceptors (Lipinski definition) is 2. The molecule has 1 atom stereocenters. The van der Waals surface area contributed by atoms with Gasteiger partial charge in [-0.05, 0) is 65.5 Å². The van der Waals surface area contributed by atoms with Crippen molar-refractivity contribution < 1.29 is 0 Å². The predicted octanol–water partition coefficient (Wildman–Crippen LogP) is 3.83. The smallest absolute Gasteiger partial charge is 0.0314 e. The first-order valence-electron chi connectivity index (χ1n) is 5.76. The van der Waals surface area contributed by atoms with Crippen molar-refractivity contribution in [1.29, 1.82) is 0 Å². The molecule has 15 heavy (non-hydrogen) atoms. The Bertz CT molecular complexity index is 306. The van der Waals surface area contributed by atoms with Crippen molar-refractivity contribution >= 4 is 27.3 Å². The Morgan fingerprint density at radius 1 is 1.60 bits per heavy atom. The fourth-order valence-electron chi connectivity index (χ4n) is 2.06. The quantitative estimate of drug-likeness (QED) is 0.839. The minimum Gasteiger partial charge on any atom is -0.314 e. The Morgan fingerprint density at radius 2 is 2.40 bits per heavy atom. The molecule has 1 aliphatic carbocycles. The third kappa shape index (κ3) is 3.30. The van der Waals surface area contributed by atoms with E-state index in [1.54, 1.807) is 0 Å². The van der Waals surface area contributed by atoms with E-state index >= 15 is 0 Å². The van der Waals surface area contributed by atoms with E-state index < -0.39 is 0 Å². The van der Waals surface area contributed by atoms with E-state index in [9.17, 15) is 0 Å². The van der Waals surface area contributed by atoms with Gasteiger partial charge in [0.15, 0.2) is 0 Å². The zero-order chi connectivity index (χ0) is 10.7. The zero-order valence-corrected chi connectivity index (χ0v) is 11.5. The summed E-state index contributed by atoms with van der Waals surface area (Å²) in [6.45, 7) is 3.31. The normalized spacial score (nSPS) is 18.0. The van der Waals surface area contributed by atoms with Gasteiger partial charge in [-0.1, -0.05) is 6.92 Å². The summed E-state index contributed by atoms with van der Waals surface area (Å²) in [7, 11) is 0. The van der Waals surface area contributed by atoms with Crippen LogP contribution in [-0.2, 0) is 6.42 Å². The van der Waals surface area contributed by atoms with Crippen molar-refractivity contribution in [3.05, 3.63) is 20.8 Å². The van der Waals surface area contributed by atoms with E-state index in [4.69, 9.17) is 0 Å². The van der Waals surface area contributed by atoms with Crippen LogP contribution in [0, 0.1) is 5.92 Å². The lowest BCUT2D eigenvalue weighted by atomic mass is 10.1. The summed E-state index contributed by atoms with van der Waals surface area (Å²) in [6, 6.07) is 2.91. The number of rotatable bonds is 6. The van der Waals surface area contributed by atoms with Gasteiger partial charge in [-0.25, -0.2) is 0 Å². The molecule has 0 spiro atoms. The highest BCUT2D eigenvalue weighted by atomic mass is 79.9. The first-order valence-corrected chi connectivity index (χ1v) is 7.43. The second-order valence-electron chi connectivity index (χ2n) is 4.23. The average molecular weight is 288 g/mol. The van der Waals surface area contributed by atoms with E-state index in [1.165, 1.54) is 35.0 Å². The summed E-state index contributed by atoms with van der Waals surface area (Å²) in [4.78, 5) is 1.50. The van der Waals surface area contributed by atoms with Crippen molar-refractivity contribution in [1.82, 2.24) is 5.32 Å². The molecule has 84 valence electrons. The molecule has 0 saturated heterocycles. The minimum atomic E-state index is 0.754. The number of aryl methyl sites for hydroxylation is 1. The standard InChI is InChI=1S/C12H18BrNS/c1-2-14-11(9-3-4-9)5-6-12-10(13)7-8-15-12/h7-9,11,14H,2-6H2,1H3. The van der Waals surface area contributed by atoms with E-state index in [2.05, 4.69) is 39.6 Å². The average Bonchev–Trinajstić information content (AvgIpc) is 2.98. The lowest BCUT2D eigenvalue weighted by Gasteiger charge is -2.16. The predicted molar refractivity (Wildman–Crippen MR) is 70.5 cm³/mol. The highest BCUT2D eigenvalue weighted by Crippen LogP contribution is 2.35. The lowest BCUT2D eigenvalue weighted by molar-refractivity contribution is 0.447.